The lowest BCUT2D eigenvalue weighted by atomic mass is 10.2. The number of hydrogen-bond acceptors (Lipinski definition) is 4. The molecule has 0 radical (unpaired) electrons. The predicted octanol–water partition coefficient (Wildman–Crippen LogP) is 2.50. The van der Waals surface area contributed by atoms with Gasteiger partial charge >= 0.3 is 0 Å². The highest BCUT2D eigenvalue weighted by Gasteiger charge is 2.35. The number of rotatable bonds is 6. The van der Waals surface area contributed by atoms with Gasteiger partial charge in [0.25, 0.3) is 0 Å². The monoisotopic (exact) mass is 332 g/mol. The van der Waals surface area contributed by atoms with Crippen molar-refractivity contribution in [2.45, 2.75) is 38.8 Å². The molecule has 1 aliphatic heterocycles. The Morgan fingerprint density at radius 2 is 2.30 bits per heavy atom. The average molecular weight is 332 g/mol. The number of aryl methyl sites for hydroxylation is 1. The van der Waals surface area contributed by atoms with Gasteiger partial charge in [-0.15, -0.1) is 11.3 Å². The van der Waals surface area contributed by atoms with Crippen LogP contribution in [-0.2, 0) is 22.6 Å². The number of carbonyl (C=O) groups excluding carboxylic acids is 2. The van der Waals surface area contributed by atoms with E-state index in [1.807, 2.05) is 36.6 Å². The zero-order chi connectivity index (χ0) is 16.2. The molecule has 1 saturated heterocycles. The van der Waals surface area contributed by atoms with Crippen molar-refractivity contribution >= 4 is 23.2 Å². The molecule has 0 spiro atoms. The van der Waals surface area contributed by atoms with E-state index in [0.717, 1.165) is 16.4 Å². The van der Waals surface area contributed by atoms with Gasteiger partial charge in [0.2, 0.25) is 11.8 Å². The lowest BCUT2D eigenvalue weighted by Crippen LogP contribution is -2.44. The molecule has 1 fully saturated rings. The van der Waals surface area contributed by atoms with Crippen LogP contribution in [0.25, 0.3) is 0 Å². The molecule has 3 rings (SSSR count). The van der Waals surface area contributed by atoms with Gasteiger partial charge in [0.05, 0.1) is 6.54 Å². The minimum atomic E-state index is -0.358. The maximum atomic E-state index is 12.4. The number of likely N-dealkylation sites (tertiary alicyclic amines) is 1. The highest BCUT2D eigenvalue weighted by atomic mass is 32.1. The zero-order valence-corrected chi connectivity index (χ0v) is 13.9. The van der Waals surface area contributed by atoms with Crippen LogP contribution in [0.2, 0.25) is 0 Å². The number of amides is 2. The van der Waals surface area contributed by atoms with Crippen LogP contribution >= 0.6 is 11.3 Å². The normalized spacial score (nSPS) is 17.7. The van der Waals surface area contributed by atoms with Crippen molar-refractivity contribution < 1.29 is 14.0 Å². The molecule has 1 atom stereocenters. The van der Waals surface area contributed by atoms with Gasteiger partial charge in [-0.05, 0) is 36.9 Å². The van der Waals surface area contributed by atoms with E-state index in [1.54, 1.807) is 16.2 Å². The van der Waals surface area contributed by atoms with Crippen molar-refractivity contribution in [3.05, 3.63) is 46.0 Å². The van der Waals surface area contributed by atoms with Crippen molar-refractivity contribution in [3.63, 3.8) is 0 Å². The highest BCUT2D eigenvalue weighted by Crippen LogP contribution is 2.23. The molecular formula is C17H20N2O3S. The van der Waals surface area contributed by atoms with Crippen LogP contribution in [0.4, 0.5) is 0 Å². The van der Waals surface area contributed by atoms with Crippen LogP contribution < -0.4 is 5.32 Å². The number of nitrogens with one attached hydrogen (secondary N) is 1. The summed E-state index contributed by atoms with van der Waals surface area (Å²) in [5.41, 5.74) is 0. The fraction of sp³-hybridized carbons (Fsp3) is 0.412. The Labute approximate surface area is 139 Å². The van der Waals surface area contributed by atoms with Crippen molar-refractivity contribution in [2.75, 3.05) is 6.54 Å². The van der Waals surface area contributed by atoms with E-state index in [-0.39, 0.29) is 17.9 Å². The van der Waals surface area contributed by atoms with E-state index in [4.69, 9.17) is 4.42 Å². The molecule has 1 aliphatic rings. The lowest BCUT2D eigenvalue weighted by Gasteiger charge is -2.23. The second-order valence-electron chi connectivity index (χ2n) is 5.71. The molecule has 0 aromatic carbocycles. The Balaban J connectivity index is 1.53. The summed E-state index contributed by atoms with van der Waals surface area (Å²) in [6, 6.07) is 7.42. The molecule has 1 N–H and O–H groups in total. The molecule has 2 aromatic rings. The summed E-state index contributed by atoms with van der Waals surface area (Å²) in [6.45, 7) is 2.93. The van der Waals surface area contributed by atoms with Crippen LogP contribution in [0.15, 0.2) is 34.1 Å². The van der Waals surface area contributed by atoms with Crippen LogP contribution in [-0.4, -0.2) is 29.3 Å². The number of furan rings is 1. The van der Waals surface area contributed by atoms with Gasteiger partial charge < -0.3 is 14.6 Å². The minimum Gasteiger partial charge on any atom is -0.466 e. The quantitative estimate of drug-likeness (QED) is 0.884. The van der Waals surface area contributed by atoms with Gasteiger partial charge in [0.15, 0.2) is 0 Å². The molecule has 23 heavy (non-hydrogen) atoms. The van der Waals surface area contributed by atoms with Crippen molar-refractivity contribution in [1.82, 2.24) is 10.2 Å². The maximum Gasteiger partial charge on any atom is 0.242 e. The molecular weight excluding hydrogens is 312 g/mol. The maximum absolute atomic E-state index is 12.4. The predicted molar refractivity (Wildman–Crippen MR) is 88.0 cm³/mol. The van der Waals surface area contributed by atoms with E-state index < -0.39 is 0 Å². The summed E-state index contributed by atoms with van der Waals surface area (Å²) in [4.78, 5) is 27.2. The topological polar surface area (TPSA) is 62.6 Å². The number of nitrogens with zero attached hydrogens (tertiary/aromatic N) is 1. The highest BCUT2D eigenvalue weighted by molar-refractivity contribution is 7.09. The standard InChI is InChI=1S/C17H20N2O3S/c1-12-4-5-13(22-12)8-9-18-17(21)15-6-7-16(20)19(15)11-14-3-2-10-23-14/h2-5,10,15H,6-9,11H2,1H3,(H,18,21)/t15-/m0/s1. The van der Waals surface area contributed by atoms with Gasteiger partial charge in [0.1, 0.15) is 17.6 Å². The second-order valence-corrected chi connectivity index (χ2v) is 6.74. The van der Waals surface area contributed by atoms with Crippen LogP contribution in [0, 0.1) is 6.92 Å². The Morgan fingerprint density at radius 3 is 3.00 bits per heavy atom. The summed E-state index contributed by atoms with van der Waals surface area (Å²) in [5.74, 6) is 1.71. The van der Waals surface area contributed by atoms with Crippen molar-refractivity contribution in [1.29, 1.82) is 0 Å². The molecule has 0 bridgehead atoms. The summed E-state index contributed by atoms with van der Waals surface area (Å²) in [5, 5.41) is 4.91. The van der Waals surface area contributed by atoms with Gasteiger partial charge in [-0.3, -0.25) is 9.59 Å². The average Bonchev–Trinajstić information content (AvgIpc) is 3.24. The Morgan fingerprint density at radius 1 is 1.43 bits per heavy atom. The van der Waals surface area contributed by atoms with Crippen molar-refractivity contribution in [2.24, 2.45) is 0 Å². The van der Waals surface area contributed by atoms with Gasteiger partial charge in [-0.1, -0.05) is 6.07 Å². The summed E-state index contributed by atoms with van der Waals surface area (Å²) in [6.07, 6.45) is 1.70. The molecule has 122 valence electrons. The summed E-state index contributed by atoms with van der Waals surface area (Å²) < 4.78 is 5.48. The van der Waals surface area contributed by atoms with E-state index in [2.05, 4.69) is 5.32 Å². The molecule has 2 aromatic heterocycles. The largest absolute Gasteiger partial charge is 0.466 e. The molecule has 2 amide bonds. The van der Waals surface area contributed by atoms with Crippen molar-refractivity contribution in [3.8, 4) is 0 Å². The third-order valence-electron chi connectivity index (χ3n) is 4.00. The molecule has 0 saturated carbocycles. The molecule has 6 heteroatoms. The fourth-order valence-electron chi connectivity index (χ4n) is 2.82. The Bertz CT molecular complexity index is 678. The molecule has 0 unspecified atom stereocenters. The van der Waals surface area contributed by atoms with Gasteiger partial charge in [0, 0.05) is 24.3 Å². The van der Waals surface area contributed by atoms with Crippen LogP contribution in [0.5, 0.6) is 0 Å². The van der Waals surface area contributed by atoms with E-state index in [0.29, 0.717) is 32.4 Å². The Kier molecular flexibility index (Phi) is 4.81. The first-order chi connectivity index (χ1) is 11.1. The van der Waals surface area contributed by atoms with Crippen LogP contribution in [0.1, 0.15) is 29.2 Å². The third kappa shape index (κ3) is 3.82. The first-order valence-electron chi connectivity index (χ1n) is 7.78. The molecule has 3 heterocycles. The SMILES string of the molecule is Cc1ccc(CCNC(=O)[C@@H]2CCC(=O)N2Cc2cccs2)o1. The molecule has 5 nitrogen and oxygen atoms in total. The number of hydrogen-bond donors (Lipinski definition) is 1. The first-order valence-corrected chi connectivity index (χ1v) is 8.66. The number of thiophene rings is 1. The number of carbonyl (C=O) groups is 2. The van der Waals surface area contributed by atoms with Crippen LogP contribution in [0.3, 0.4) is 0 Å². The first kappa shape index (κ1) is 15.8. The van der Waals surface area contributed by atoms with Gasteiger partial charge in [-0.2, -0.15) is 0 Å². The van der Waals surface area contributed by atoms with E-state index in [9.17, 15) is 9.59 Å². The minimum absolute atomic E-state index is 0.0557. The summed E-state index contributed by atoms with van der Waals surface area (Å²) >= 11 is 1.61. The third-order valence-corrected chi connectivity index (χ3v) is 4.86. The van der Waals surface area contributed by atoms with Gasteiger partial charge in [-0.25, -0.2) is 0 Å². The Hall–Kier alpha value is -2.08. The molecule has 0 aliphatic carbocycles. The lowest BCUT2D eigenvalue weighted by molar-refractivity contribution is -0.135. The smallest absolute Gasteiger partial charge is 0.242 e. The summed E-state index contributed by atoms with van der Waals surface area (Å²) in [7, 11) is 0. The fourth-order valence-corrected chi connectivity index (χ4v) is 3.52. The zero-order valence-electron chi connectivity index (χ0n) is 13.1. The van der Waals surface area contributed by atoms with E-state index in [1.165, 1.54) is 0 Å². The van der Waals surface area contributed by atoms with E-state index >= 15 is 0 Å². The second kappa shape index (κ2) is 7.00.